The van der Waals surface area contributed by atoms with Crippen LogP contribution in [-0.2, 0) is 6.42 Å². The smallest absolute Gasteiger partial charge is 0.0547 e. The molecule has 0 aliphatic carbocycles. The van der Waals surface area contributed by atoms with Gasteiger partial charge in [-0.15, -0.1) is 0 Å². The Hall–Kier alpha value is -3.56. The minimum absolute atomic E-state index is 0.245. The van der Waals surface area contributed by atoms with Gasteiger partial charge in [0.05, 0.1) is 11.4 Å². The Morgan fingerprint density at radius 2 is 0.909 bits per heavy atom. The second-order valence-electron chi connectivity index (χ2n) is 8.36. The summed E-state index contributed by atoms with van der Waals surface area (Å²) in [5.41, 5.74) is 22.6. The summed E-state index contributed by atoms with van der Waals surface area (Å²) in [4.78, 5) is 0. The number of aryl methyl sites for hydroxylation is 1. The molecule has 0 aliphatic heterocycles. The van der Waals surface area contributed by atoms with Gasteiger partial charge in [0.25, 0.3) is 0 Å². The van der Waals surface area contributed by atoms with Crippen LogP contribution in [0.25, 0.3) is 0 Å². The quantitative estimate of drug-likeness (QED) is 0.279. The van der Waals surface area contributed by atoms with Crippen LogP contribution in [-0.4, -0.2) is 6.04 Å². The number of para-hydroxylation sites is 2. The summed E-state index contributed by atoms with van der Waals surface area (Å²) in [5.74, 6) is 0.421. The van der Waals surface area contributed by atoms with E-state index in [9.17, 15) is 0 Å². The minimum atomic E-state index is 0.245. The van der Waals surface area contributed by atoms with Crippen molar-refractivity contribution in [2.24, 2.45) is 5.73 Å². The molecule has 170 valence electrons. The lowest BCUT2D eigenvalue weighted by molar-refractivity contribution is 0.525. The molecular formula is C30H35N3. The molecular weight excluding hydrogens is 402 g/mol. The predicted octanol–water partition coefficient (Wildman–Crippen LogP) is 6.41. The first-order chi connectivity index (χ1) is 16.1. The average Bonchev–Trinajstić information content (AvgIpc) is 2.87. The van der Waals surface area contributed by atoms with E-state index in [0.717, 1.165) is 25.7 Å². The standard InChI is InChI=1S/C24H27N.C6H8N2/c25-23(17-16-20-10-4-1-5-11-20)18-19-24(21-12-6-2-7-13-21)22-14-8-3-9-15-22;7-5-3-1-2-4-6(5)8/h1-15,23-24H,16-19,25H2;1-4H,7-8H2. The van der Waals surface area contributed by atoms with Gasteiger partial charge in [-0.2, -0.15) is 0 Å². The molecule has 1 unspecified atom stereocenters. The van der Waals surface area contributed by atoms with Gasteiger partial charge < -0.3 is 17.2 Å². The van der Waals surface area contributed by atoms with Gasteiger partial charge in [0.15, 0.2) is 0 Å². The Kier molecular flexibility index (Phi) is 9.56. The van der Waals surface area contributed by atoms with E-state index in [4.69, 9.17) is 17.2 Å². The zero-order valence-electron chi connectivity index (χ0n) is 19.2. The molecule has 1 atom stereocenters. The van der Waals surface area contributed by atoms with Gasteiger partial charge in [-0.25, -0.2) is 0 Å². The van der Waals surface area contributed by atoms with Crippen molar-refractivity contribution in [2.75, 3.05) is 11.5 Å². The van der Waals surface area contributed by atoms with Crippen LogP contribution in [0, 0.1) is 0 Å². The van der Waals surface area contributed by atoms with Crippen molar-refractivity contribution in [3.05, 3.63) is 132 Å². The maximum absolute atomic E-state index is 6.43. The Morgan fingerprint density at radius 1 is 0.485 bits per heavy atom. The minimum Gasteiger partial charge on any atom is -0.397 e. The largest absolute Gasteiger partial charge is 0.397 e. The molecule has 0 amide bonds. The van der Waals surface area contributed by atoms with Gasteiger partial charge in [-0.1, -0.05) is 103 Å². The van der Waals surface area contributed by atoms with Gasteiger partial charge in [-0.05, 0) is 54.5 Å². The molecule has 0 heterocycles. The lowest BCUT2D eigenvalue weighted by atomic mass is 9.86. The van der Waals surface area contributed by atoms with Crippen molar-refractivity contribution in [1.29, 1.82) is 0 Å². The first-order valence-electron chi connectivity index (χ1n) is 11.6. The number of anilines is 2. The fraction of sp³-hybridized carbons (Fsp3) is 0.200. The van der Waals surface area contributed by atoms with Crippen LogP contribution in [0.1, 0.15) is 41.9 Å². The molecule has 0 aromatic heterocycles. The van der Waals surface area contributed by atoms with Crippen LogP contribution < -0.4 is 17.2 Å². The second kappa shape index (κ2) is 13.1. The molecule has 0 spiro atoms. The van der Waals surface area contributed by atoms with Crippen molar-refractivity contribution < 1.29 is 0 Å². The van der Waals surface area contributed by atoms with E-state index < -0.39 is 0 Å². The number of nitrogen functional groups attached to an aromatic ring is 2. The lowest BCUT2D eigenvalue weighted by Crippen LogP contribution is -2.21. The molecule has 0 fully saturated rings. The molecule has 3 nitrogen and oxygen atoms in total. The topological polar surface area (TPSA) is 78.1 Å². The molecule has 0 radical (unpaired) electrons. The van der Waals surface area contributed by atoms with Crippen LogP contribution in [0.5, 0.6) is 0 Å². The summed E-state index contributed by atoms with van der Waals surface area (Å²) in [6.45, 7) is 0. The lowest BCUT2D eigenvalue weighted by Gasteiger charge is -2.20. The summed E-state index contributed by atoms with van der Waals surface area (Å²) in [5, 5.41) is 0. The first kappa shape index (κ1) is 24.1. The molecule has 0 bridgehead atoms. The molecule has 4 rings (SSSR count). The van der Waals surface area contributed by atoms with Crippen molar-refractivity contribution in [1.82, 2.24) is 0 Å². The molecule has 4 aromatic carbocycles. The van der Waals surface area contributed by atoms with Crippen LogP contribution in [0.2, 0.25) is 0 Å². The van der Waals surface area contributed by atoms with Crippen molar-refractivity contribution in [3.63, 3.8) is 0 Å². The summed E-state index contributed by atoms with van der Waals surface area (Å²) >= 11 is 0. The van der Waals surface area contributed by atoms with E-state index in [0.29, 0.717) is 17.3 Å². The summed E-state index contributed by atoms with van der Waals surface area (Å²) in [7, 11) is 0. The molecule has 0 saturated carbocycles. The van der Waals surface area contributed by atoms with Gasteiger partial charge in [0.1, 0.15) is 0 Å². The molecule has 33 heavy (non-hydrogen) atoms. The Morgan fingerprint density at radius 3 is 1.36 bits per heavy atom. The fourth-order valence-corrected chi connectivity index (χ4v) is 3.93. The number of nitrogens with two attached hydrogens (primary N) is 3. The van der Waals surface area contributed by atoms with E-state index >= 15 is 0 Å². The summed E-state index contributed by atoms with van der Waals surface area (Å²) in [6.07, 6.45) is 4.23. The maximum atomic E-state index is 6.43. The summed E-state index contributed by atoms with van der Waals surface area (Å²) < 4.78 is 0. The number of rotatable bonds is 8. The van der Waals surface area contributed by atoms with Crippen LogP contribution in [0.4, 0.5) is 11.4 Å². The normalized spacial score (nSPS) is 11.5. The molecule has 0 saturated heterocycles. The highest BCUT2D eigenvalue weighted by molar-refractivity contribution is 5.62. The Balaban J connectivity index is 0.000000323. The van der Waals surface area contributed by atoms with Crippen molar-refractivity contribution in [2.45, 2.75) is 37.6 Å². The van der Waals surface area contributed by atoms with Crippen molar-refractivity contribution in [3.8, 4) is 0 Å². The molecule has 6 N–H and O–H groups in total. The van der Waals surface area contributed by atoms with E-state index in [1.807, 2.05) is 12.1 Å². The highest BCUT2D eigenvalue weighted by Crippen LogP contribution is 2.29. The number of hydrogen-bond donors (Lipinski definition) is 3. The zero-order chi connectivity index (χ0) is 23.3. The van der Waals surface area contributed by atoms with Crippen molar-refractivity contribution >= 4 is 11.4 Å². The number of benzene rings is 4. The Bertz CT molecular complexity index is 989. The van der Waals surface area contributed by atoms with Gasteiger partial charge >= 0.3 is 0 Å². The maximum Gasteiger partial charge on any atom is 0.0547 e. The Labute approximate surface area is 198 Å². The van der Waals surface area contributed by atoms with Crippen LogP contribution >= 0.6 is 0 Å². The second-order valence-corrected chi connectivity index (χ2v) is 8.36. The third-order valence-electron chi connectivity index (χ3n) is 5.87. The number of hydrogen-bond acceptors (Lipinski definition) is 3. The zero-order valence-corrected chi connectivity index (χ0v) is 19.2. The molecule has 3 heteroatoms. The van der Waals surface area contributed by atoms with Crippen LogP contribution in [0.15, 0.2) is 115 Å². The third-order valence-corrected chi connectivity index (χ3v) is 5.87. The SMILES string of the molecule is NC(CCc1ccccc1)CCC(c1ccccc1)c1ccccc1.Nc1ccccc1N. The first-order valence-corrected chi connectivity index (χ1v) is 11.6. The third kappa shape index (κ3) is 8.13. The highest BCUT2D eigenvalue weighted by atomic mass is 14.7. The van der Waals surface area contributed by atoms with Gasteiger partial charge in [0.2, 0.25) is 0 Å². The fourth-order valence-electron chi connectivity index (χ4n) is 3.93. The van der Waals surface area contributed by atoms with Gasteiger partial charge in [0, 0.05) is 12.0 Å². The van der Waals surface area contributed by atoms with E-state index in [2.05, 4.69) is 91.0 Å². The molecule has 0 aliphatic rings. The predicted molar refractivity (Wildman–Crippen MR) is 142 cm³/mol. The molecule has 4 aromatic rings. The monoisotopic (exact) mass is 437 g/mol. The highest BCUT2D eigenvalue weighted by Gasteiger charge is 2.15. The summed E-state index contributed by atoms with van der Waals surface area (Å²) in [6, 6.07) is 39.7. The van der Waals surface area contributed by atoms with E-state index in [1.54, 1.807) is 12.1 Å². The van der Waals surface area contributed by atoms with E-state index in [-0.39, 0.29) is 6.04 Å². The van der Waals surface area contributed by atoms with Gasteiger partial charge in [-0.3, -0.25) is 0 Å². The average molecular weight is 438 g/mol. The van der Waals surface area contributed by atoms with E-state index in [1.165, 1.54) is 16.7 Å². The van der Waals surface area contributed by atoms with Crippen LogP contribution in [0.3, 0.4) is 0 Å².